The van der Waals surface area contributed by atoms with Crippen molar-refractivity contribution in [3.8, 4) is 0 Å². The highest BCUT2D eigenvalue weighted by atomic mass is 127. The van der Waals surface area contributed by atoms with E-state index in [2.05, 4.69) is 51.3 Å². The van der Waals surface area contributed by atoms with E-state index in [0.29, 0.717) is 12.5 Å². The first-order chi connectivity index (χ1) is 9.49. The number of rotatable bonds is 4. The Hall–Kier alpha value is -0.920. The van der Waals surface area contributed by atoms with Crippen LogP contribution in [0.15, 0.2) is 6.33 Å². The Kier molecular flexibility index (Phi) is 5.17. The van der Waals surface area contributed by atoms with Crippen molar-refractivity contribution in [2.75, 3.05) is 18.0 Å². The van der Waals surface area contributed by atoms with Crippen molar-refractivity contribution in [3.63, 3.8) is 0 Å². The maximum Gasteiger partial charge on any atom is 0.308 e. The molecule has 20 heavy (non-hydrogen) atoms. The minimum Gasteiger partial charge on any atom is -0.481 e. The van der Waals surface area contributed by atoms with Crippen LogP contribution in [0.3, 0.4) is 0 Å². The Morgan fingerprint density at radius 2 is 2.30 bits per heavy atom. The average Bonchev–Trinajstić information content (AvgIpc) is 2.41. The zero-order valence-electron chi connectivity index (χ0n) is 11.8. The molecule has 0 aliphatic carbocycles. The van der Waals surface area contributed by atoms with Gasteiger partial charge < -0.3 is 10.0 Å². The van der Waals surface area contributed by atoms with Gasteiger partial charge in [-0.15, -0.1) is 0 Å². The second kappa shape index (κ2) is 6.69. The van der Waals surface area contributed by atoms with E-state index in [1.54, 1.807) is 6.33 Å². The highest BCUT2D eigenvalue weighted by Crippen LogP contribution is 2.27. The fourth-order valence-corrected chi connectivity index (χ4v) is 3.36. The first kappa shape index (κ1) is 15.5. The largest absolute Gasteiger partial charge is 0.481 e. The fourth-order valence-electron chi connectivity index (χ4n) is 2.52. The molecule has 1 aliphatic heterocycles. The van der Waals surface area contributed by atoms with Crippen molar-refractivity contribution < 1.29 is 9.90 Å². The highest BCUT2D eigenvalue weighted by Gasteiger charge is 2.27. The summed E-state index contributed by atoms with van der Waals surface area (Å²) in [6.45, 7) is 5.75. The van der Waals surface area contributed by atoms with Gasteiger partial charge in [0.15, 0.2) is 0 Å². The van der Waals surface area contributed by atoms with Crippen LogP contribution in [0.5, 0.6) is 0 Å². The SMILES string of the molecule is CC(C)Cc1ncnc(N2CCCC(C(=O)O)C2)c1I. The molecule has 0 radical (unpaired) electrons. The molecule has 2 rings (SSSR count). The van der Waals surface area contributed by atoms with Crippen LogP contribution >= 0.6 is 22.6 Å². The predicted molar refractivity (Wildman–Crippen MR) is 85.9 cm³/mol. The lowest BCUT2D eigenvalue weighted by Crippen LogP contribution is -2.39. The number of halogens is 1. The standard InChI is InChI=1S/C14H20IN3O2/c1-9(2)6-11-12(15)13(17-8-16-11)18-5-3-4-10(7-18)14(19)20/h8-10H,3-7H2,1-2H3,(H,19,20). The zero-order chi connectivity index (χ0) is 14.7. The molecule has 1 N–H and O–H groups in total. The van der Waals surface area contributed by atoms with Gasteiger partial charge in [-0.1, -0.05) is 13.8 Å². The van der Waals surface area contributed by atoms with Gasteiger partial charge in [-0.25, -0.2) is 9.97 Å². The number of nitrogens with zero attached hydrogens (tertiary/aromatic N) is 3. The maximum atomic E-state index is 11.2. The third-order valence-electron chi connectivity index (χ3n) is 3.52. The molecule has 1 aromatic heterocycles. The van der Waals surface area contributed by atoms with Gasteiger partial charge in [-0.2, -0.15) is 0 Å². The fraction of sp³-hybridized carbons (Fsp3) is 0.643. The number of anilines is 1. The number of carboxylic acid groups (broad SMARTS) is 1. The van der Waals surface area contributed by atoms with Gasteiger partial charge in [0.1, 0.15) is 12.1 Å². The zero-order valence-corrected chi connectivity index (χ0v) is 14.0. The Morgan fingerprint density at radius 1 is 1.55 bits per heavy atom. The Bertz CT molecular complexity index is 493. The first-order valence-electron chi connectivity index (χ1n) is 6.96. The van der Waals surface area contributed by atoms with Gasteiger partial charge in [0.25, 0.3) is 0 Å². The quantitative estimate of drug-likeness (QED) is 0.802. The summed E-state index contributed by atoms with van der Waals surface area (Å²) in [5.74, 6) is 0.436. The number of carbonyl (C=O) groups is 1. The summed E-state index contributed by atoms with van der Waals surface area (Å²) in [5.41, 5.74) is 1.06. The Morgan fingerprint density at radius 3 is 2.95 bits per heavy atom. The molecule has 1 aromatic rings. The molecule has 1 fully saturated rings. The topological polar surface area (TPSA) is 66.3 Å². The van der Waals surface area contributed by atoms with Gasteiger partial charge in [0, 0.05) is 13.1 Å². The average molecular weight is 389 g/mol. The van der Waals surface area contributed by atoms with Crippen LogP contribution in [0.2, 0.25) is 0 Å². The number of aliphatic carboxylic acids is 1. The number of hydrogen-bond acceptors (Lipinski definition) is 4. The second-order valence-electron chi connectivity index (χ2n) is 5.68. The van der Waals surface area contributed by atoms with Crippen LogP contribution in [0.4, 0.5) is 5.82 Å². The summed E-state index contributed by atoms with van der Waals surface area (Å²) < 4.78 is 1.06. The third kappa shape index (κ3) is 3.59. The Balaban J connectivity index is 2.21. The molecule has 5 nitrogen and oxygen atoms in total. The van der Waals surface area contributed by atoms with E-state index in [0.717, 1.165) is 40.9 Å². The minimum atomic E-state index is -0.707. The molecular weight excluding hydrogens is 369 g/mol. The molecule has 0 amide bonds. The number of piperidine rings is 1. The molecule has 0 bridgehead atoms. The van der Waals surface area contributed by atoms with E-state index in [-0.39, 0.29) is 5.92 Å². The van der Waals surface area contributed by atoms with E-state index >= 15 is 0 Å². The molecule has 0 saturated carbocycles. The molecule has 0 aromatic carbocycles. The van der Waals surface area contributed by atoms with Crippen LogP contribution in [0.25, 0.3) is 0 Å². The van der Waals surface area contributed by atoms with Crippen molar-refractivity contribution in [1.82, 2.24) is 9.97 Å². The monoisotopic (exact) mass is 389 g/mol. The maximum absolute atomic E-state index is 11.2. The van der Waals surface area contributed by atoms with Crippen LogP contribution < -0.4 is 4.90 Å². The van der Waals surface area contributed by atoms with Crippen molar-refractivity contribution in [2.45, 2.75) is 33.1 Å². The van der Waals surface area contributed by atoms with E-state index < -0.39 is 5.97 Å². The molecule has 1 atom stereocenters. The number of hydrogen-bond donors (Lipinski definition) is 1. The summed E-state index contributed by atoms with van der Waals surface area (Å²) in [5, 5.41) is 9.18. The smallest absolute Gasteiger partial charge is 0.308 e. The van der Waals surface area contributed by atoms with Gasteiger partial charge in [0.05, 0.1) is 15.2 Å². The lowest BCUT2D eigenvalue weighted by atomic mass is 9.98. The van der Waals surface area contributed by atoms with E-state index in [1.807, 2.05) is 0 Å². The molecule has 1 unspecified atom stereocenters. The summed E-state index contributed by atoms with van der Waals surface area (Å²) in [6.07, 6.45) is 4.17. The lowest BCUT2D eigenvalue weighted by molar-refractivity contribution is -0.141. The third-order valence-corrected chi connectivity index (χ3v) is 4.62. The summed E-state index contributed by atoms with van der Waals surface area (Å²) >= 11 is 2.29. The number of carboxylic acids is 1. The van der Waals surface area contributed by atoms with E-state index in [4.69, 9.17) is 0 Å². The molecule has 6 heteroatoms. The van der Waals surface area contributed by atoms with Crippen molar-refractivity contribution >= 4 is 34.4 Å². The molecule has 1 saturated heterocycles. The minimum absolute atomic E-state index is 0.289. The molecule has 2 heterocycles. The van der Waals surface area contributed by atoms with Crippen molar-refractivity contribution in [3.05, 3.63) is 15.6 Å². The predicted octanol–water partition coefficient (Wildman–Crippen LogP) is 2.58. The molecule has 110 valence electrons. The number of aromatic nitrogens is 2. The van der Waals surface area contributed by atoms with E-state index in [9.17, 15) is 9.90 Å². The summed E-state index contributed by atoms with van der Waals surface area (Å²) in [6, 6.07) is 0. The summed E-state index contributed by atoms with van der Waals surface area (Å²) in [7, 11) is 0. The van der Waals surface area contributed by atoms with E-state index in [1.165, 1.54) is 0 Å². The summed E-state index contributed by atoms with van der Waals surface area (Å²) in [4.78, 5) is 22.0. The van der Waals surface area contributed by atoms with Gasteiger partial charge >= 0.3 is 5.97 Å². The van der Waals surface area contributed by atoms with Gasteiger partial charge in [-0.3, -0.25) is 4.79 Å². The lowest BCUT2D eigenvalue weighted by Gasteiger charge is -2.32. The molecule has 0 spiro atoms. The van der Waals surface area contributed by atoms with Crippen LogP contribution in [-0.2, 0) is 11.2 Å². The highest BCUT2D eigenvalue weighted by molar-refractivity contribution is 14.1. The first-order valence-corrected chi connectivity index (χ1v) is 8.04. The Labute approximate surface area is 132 Å². The normalized spacial score (nSPS) is 19.4. The van der Waals surface area contributed by atoms with Gasteiger partial charge in [-0.05, 0) is 47.8 Å². The van der Waals surface area contributed by atoms with Crippen LogP contribution in [0, 0.1) is 15.4 Å². The van der Waals surface area contributed by atoms with Crippen molar-refractivity contribution in [1.29, 1.82) is 0 Å². The second-order valence-corrected chi connectivity index (χ2v) is 6.76. The molecule has 1 aliphatic rings. The van der Waals surface area contributed by atoms with Crippen molar-refractivity contribution in [2.24, 2.45) is 11.8 Å². The van der Waals surface area contributed by atoms with Crippen LogP contribution in [0.1, 0.15) is 32.4 Å². The van der Waals surface area contributed by atoms with Gasteiger partial charge in [0.2, 0.25) is 0 Å². The van der Waals surface area contributed by atoms with Crippen LogP contribution in [-0.4, -0.2) is 34.1 Å². The molecular formula is C14H20IN3O2.